The number of halogens is 1. The van der Waals surface area contributed by atoms with Crippen molar-refractivity contribution in [2.75, 3.05) is 0 Å². The molecular formula is C14H12ClN3O2. The van der Waals surface area contributed by atoms with Gasteiger partial charge in [-0.1, -0.05) is 18.2 Å². The Hall–Kier alpha value is -2.37. The van der Waals surface area contributed by atoms with Crippen molar-refractivity contribution in [1.29, 1.82) is 0 Å². The van der Waals surface area contributed by atoms with Crippen LogP contribution in [0, 0.1) is 0 Å². The Balaban J connectivity index is 0.00000147. The molecule has 3 rings (SSSR count). The quantitative estimate of drug-likeness (QED) is 0.522. The number of rotatable bonds is 1. The number of nitrogens with one attached hydrogen (secondary N) is 1. The van der Waals surface area contributed by atoms with Crippen LogP contribution >= 0.6 is 0 Å². The summed E-state index contributed by atoms with van der Waals surface area (Å²) in [5.41, 5.74) is 4.83. The van der Waals surface area contributed by atoms with Crippen LogP contribution < -0.4 is 29.4 Å². The molecule has 1 heterocycles. The monoisotopic (exact) mass is 289 g/mol. The third-order valence-corrected chi connectivity index (χ3v) is 2.97. The maximum absolute atomic E-state index is 12.4. The van der Waals surface area contributed by atoms with Crippen molar-refractivity contribution in [1.82, 2.24) is 9.55 Å². The van der Waals surface area contributed by atoms with Crippen LogP contribution in [0.4, 0.5) is 5.69 Å². The standard InChI is InChI=1S/C14H11N3O2.ClH/c15-9-4-3-5-10(8-9)17-13(18)11-6-1-2-7-12(11)16-14(17)19;/h1-8H,15H2,(H,16,19);1H. The normalized spacial score (nSPS) is 10.2. The average Bonchev–Trinajstić information content (AvgIpc) is 2.39. The van der Waals surface area contributed by atoms with Crippen molar-refractivity contribution in [3.63, 3.8) is 0 Å². The van der Waals surface area contributed by atoms with Gasteiger partial charge in [-0.15, -0.1) is 0 Å². The summed E-state index contributed by atoms with van der Waals surface area (Å²) in [5, 5.41) is 0.483. The van der Waals surface area contributed by atoms with Crippen LogP contribution in [0.15, 0.2) is 58.1 Å². The lowest BCUT2D eigenvalue weighted by atomic mass is 10.2. The number of quaternary nitrogens is 1. The van der Waals surface area contributed by atoms with Gasteiger partial charge in [-0.3, -0.25) is 4.79 Å². The first-order valence-electron chi connectivity index (χ1n) is 5.83. The van der Waals surface area contributed by atoms with E-state index in [1.807, 2.05) is 6.07 Å². The van der Waals surface area contributed by atoms with E-state index in [4.69, 9.17) is 0 Å². The van der Waals surface area contributed by atoms with E-state index in [-0.39, 0.29) is 18.0 Å². The summed E-state index contributed by atoms with van der Waals surface area (Å²) in [5.74, 6) is 0. The average molecular weight is 290 g/mol. The molecule has 5 nitrogen and oxygen atoms in total. The highest BCUT2D eigenvalue weighted by Gasteiger charge is 2.09. The largest absolute Gasteiger partial charge is 1.00 e. The van der Waals surface area contributed by atoms with Crippen LogP contribution in [0.2, 0.25) is 0 Å². The number of aromatic nitrogens is 2. The predicted octanol–water partition coefficient (Wildman–Crippen LogP) is -2.44. The Kier molecular flexibility index (Phi) is 3.74. The minimum atomic E-state index is -0.450. The van der Waals surface area contributed by atoms with Crippen molar-refractivity contribution >= 4 is 16.6 Å². The smallest absolute Gasteiger partial charge is 0.333 e. The molecular weight excluding hydrogens is 278 g/mol. The van der Waals surface area contributed by atoms with E-state index in [1.165, 1.54) is 0 Å². The molecule has 0 radical (unpaired) electrons. The SMILES string of the molecule is [Cl-].[NH3+]c1cccc(-n2c(=O)[nH]c3ccccc3c2=O)c1. The predicted molar refractivity (Wildman–Crippen MR) is 72.7 cm³/mol. The summed E-state index contributed by atoms with van der Waals surface area (Å²) >= 11 is 0. The number of nitrogens with zero attached hydrogens (tertiary/aromatic N) is 1. The lowest BCUT2D eigenvalue weighted by Crippen LogP contribution is -3.00. The molecule has 0 aliphatic rings. The molecule has 0 amide bonds. The van der Waals surface area contributed by atoms with Gasteiger partial charge in [0.25, 0.3) is 5.56 Å². The summed E-state index contributed by atoms with van der Waals surface area (Å²) in [4.78, 5) is 27.1. The fourth-order valence-electron chi connectivity index (χ4n) is 2.09. The van der Waals surface area contributed by atoms with Gasteiger partial charge < -0.3 is 23.1 Å². The van der Waals surface area contributed by atoms with Gasteiger partial charge in [0.05, 0.1) is 16.6 Å². The number of benzene rings is 2. The lowest BCUT2D eigenvalue weighted by molar-refractivity contribution is -0.254. The third-order valence-electron chi connectivity index (χ3n) is 2.97. The Labute approximate surface area is 120 Å². The van der Waals surface area contributed by atoms with Gasteiger partial charge in [0.1, 0.15) is 5.69 Å². The van der Waals surface area contributed by atoms with E-state index in [9.17, 15) is 9.59 Å². The van der Waals surface area contributed by atoms with E-state index >= 15 is 0 Å². The molecule has 2 aromatic carbocycles. The molecule has 6 heteroatoms. The number of hydrogen-bond donors (Lipinski definition) is 2. The van der Waals surface area contributed by atoms with Gasteiger partial charge in [-0.05, 0) is 24.3 Å². The molecule has 0 bridgehead atoms. The van der Waals surface area contributed by atoms with Crippen molar-refractivity contribution in [3.8, 4) is 5.69 Å². The molecule has 0 spiro atoms. The highest BCUT2D eigenvalue weighted by Crippen LogP contribution is 2.09. The van der Waals surface area contributed by atoms with Gasteiger partial charge in [0.2, 0.25) is 0 Å². The zero-order valence-corrected chi connectivity index (χ0v) is 11.2. The summed E-state index contributed by atoms with van der Waals surface area (Å²) in [7, 11) is 0. The van der Waals surface area contributed by atoms with Crippen LogP contribution in [0.25, 0.3) is 16.6 Å². The second-order valence-corrected chi connectivity index (χ2v) is 4.29. The number of para-hydroxylation sites is 1. The maximum atomic E-state index is 12.4. The number of aromatic amines is 1. The molecule has 0 fully saturated rings. The summed E-state index contributed by atoms with van der Waals surface area (Å²) in [6.45, 7) is 0. The molecule has 0 atom stereocenters. The molecule has 0 unspecified atom stereocenters. The second-order valence-electron chi connectivity index (χ2n) is 4.29. The van der Waals surface area contributed by atoms with Gasteiger partial charge in [-0.2, -0.15) is 0 Å². The van der Waals surface area contributed by atoms with E-state index in [2.05, 4.69) is 10.7 Å². The Morgan fingerprint density at radius 3 is 2.50 bits per heavy atom. The molecule has 4 N–H and O–H groups in total. The number of hydrogen-bond acceptors (Lipinski definition) is 2. The number of H-pyrrole nitrogens is 1. The molecule has 0 saturated carbocycles. The highest BCUT2D eigenvalue weighted by molar-refractivity contribution is 5.77. The van der Waals surface area contributed by atoms with Crippen molar-refractivity contribution in [2.45, 2.75) is 0 Å². The van der Waals surface area contributed by atoms with Crippen LogP contribution in [-0.2, 0) is 0 Å². The van der Waals surface area contributed by atoms with Gasteiger partial charge in [-0.25, -0.2) is 9.36 Å². The van der Waals surface area contributed by atoms with Crippen LogP contribution in [0.5, 0.6) is 0 Å². The number of fused-ring (bicyclic) bond motifs is 1. The minimum absolute atomic E-state index is 0. The van der Waals surface area contributed by atoms with E-state index in [0.29, 0.717) is 16.6 Å². The fourth-order valence-corrected chi connectivity index (χ4v) is 2.09. The maximum Gasteiger partial charge on any atom is 0.333 e. The second kappa shape index (κ2) is 5.32. The van der Waals surface area contributed by atoms with E-state index in [0.717, 1.165) is 10.3 Å². The first kappa shape index (κ1) is 14.0. The summed E-state index contributed by atoms with van der Waals surface area (Å²) < 4.78 is 1.12. The Morgan fingerprint density at radius 1 is 1.00 bits per heavy atom. The molecule has 0 saturated heterocycles. The van der Waals surface area contributed by atoms with Crippen LogP contribution in [0.1, 0.15) is 0 Å². The van der Waals surface area contributed by atoms with Crippen LogP contribution in [-0.4, -0.2) is 9.55 Å². The molecule has 1 aromatic heterocycles. The van der Waals surface area contributed by atoms with Crippen molar-refractivity contribution in [2.24, 2.45) is 0 Å². The van der Waals surface area contributed by atoms with Gasteiger partial charge in [0, 0.05) is 6.07 Å². The van der Waals surface area contributed by atoms with E-state index < -0.39 is 5.69 Å². The van der Waals surface area contributed by atoms with E-state index in [1.54, 1.807) is 42.5 Å². The summed E-state index contributed by atoms with van der Waals surface area (Å²) in [6, 6.07) is 13.9. The highest BCUT2D eigenvalue weighted by atomic mass is 35.5. The zero-order chi connectivity index (χ0) is 13.4. The minimum Gasteiger partial charge on any atom is -1.00 e. The lowest BCUT2D eigenvalue weighted by Gasteiger charge is -2.06. The molecule has 0 aliphatic carbocycles. The first-order valence-corrected chi connectivity index (χ1v) is 5.83. The zero-order valence-electron chi connectivity index (χ0n) is 10.5. The van der Waals surface area contributed by atoms with Gasteiger partial charge >= 0.3 is 5.69 Å². The Morgan fingerprint density at radius 2 is 1.75 bits per heavy atom. The molecule has 3 aromatic rings. The summed E-state index contributed by atoms with van der Waals surface area (Å²) in [6.07, 6.45) is 0. The van der Waals surface area contributed by atoms with Crippen molar-refractivity contribution < 1.29 is 18.1 Å². The molecule has 0 aliphatic heterocycles. The fraction of sp³-hybridized carbons (Fsp3) is 0. The Bertz CT molecular complexity index is 883. The van der Waals surface area contributed by atoms with Gasteiger partial charge in [0.15, 0.2) is 0 Å². The van der Waals surface area contributed by atoms with Crippen LogP contribution in [0.3, 0.4) is 0 Å². The molecule has 20 heavy (non-hydrogen) atoms. The van der Waals surface area contributed by atoms with Crippen molar-refractivity contribution in [3.05, 3.63) is 69.4 Å². The third kappa shape index (κ3) is 2.24. The molecule has 102 valence electrons. The topological polar surface area (TPSA) is 82.5 Å². The first-order chi connectivity index (χ1) is 9.16.